The van der Waals surface area contributed by atoms with E-state index in [0.29, 0.717) is 23.4 Å². The Labute approximate surface area is 133 Å². The molecule has 0 atom stereocenters. The molecule has 2 aromatic carbocycles. The van der Waals surface area contributed by atoms with Crippen LogP contribution >= 0.6 is 0 Å². The fraction of sp³-hybridized carbons (Fsp3) is 0. The summed E-state index contributed by atoms with van der Waals surface area (Å²) in [4.78, 5) is 12.2. The van der Waals surface area contributed by atoms with Crippen molar-refractivity contribution in [1.29, 1.82) is 0 Å². The van der Waals surface area contributed by atoms with Crippen molar-refractivity contribution < 1.29 is 18.0 Å². The second kappa shape index (κ2) is 6.41. The first-order valence-electron chi connectivity index (χ1n) is 6.73. The number of rotatable bonds is 4. The molecular weight excluding hydrogens is 323 g/mol. The van der Waals surface area contributed by atoms with Gasteiger partial charge in [0.15, 0.2) is 23.1 Å². The molecule has 3 aromatic rings. The molecule has 3 rings (SSSR count). The SMILES string of the molecule is O=C(NNc1cc(F)c(F)c(F)c1)c1n[nH]nc1-c1ccccc1. The molecule has 0 aliphatic carbocycles. The quantitative estimate of drug-likeness (QED) is 0.506. The summed E-state index contributed by atoms with van der Waals surface area (Å²) in [5.41, 5.74) is 5.30. The predicted octanol–water partition coefficient (Wildman–Crippen LogP) is 2.65. The number of carbonyl (C=O) groups excluding carboxylic acids is 1. The lowest BCUT2D eigenvalue weighted by Gasteiger charge is -2.08. The highest BCUT2D eigenvalue weighted by molar-refractivity contribution is 5.98. The number of nitrogens with zero attached hydrogens (tertiary/aromatic N) is 2. The van der Waals surface area contributed by atoms with E-state index in [1.165, 1.54) is 0 Å². The molecule has 6 nitrogen and oxygen atoms in total. The zero-order chi connectivity index (χ0) is 17.1. The van der Waals surface area contributed by atoms with Gasteiger partial charge in [-0.2, -0.15) is 15.4 Å². The van der Waals surface area contributed by atoms with Crippen molar-refractivity contribution >= 4 is 11.6 Å². The number of nitrogens with one attached hydrogen (secondary N) is 3. The Morgan fingerprint density at radius 1 is 1.00 bits per heavy atom. The van der Waals surface area contributed by atoms with Crippen LogP contribution in [0.4, 0.5) is 18.9 Å². The summed E-state index contributed by atoms with van der Waals surface area (Å²) in [5, 5.41) is 10.0. The summed E-state index contributed by atoms with van der Waals surface area (Å²) in [5.74, 6) is -5.03. The second-order valence-corrected chi connectivity index (χ2v) is 4.72. The topological polar surface area (TPSA) is 82.7 Å². The largest absolute Gasteiger partial charge is 0.298 e. The Bertz CT molecular complexity index is 859. The number of hydrogen-bond donors (Lipinski definition) is 3. The highest BCUT2D eigenvalue weighted by atomic mass is 19.2. The first kappa shape index (κ1) is 15.5. The molecule has 24 heavy (non-hydrogen) atoms. The summed E-state index contributed by atoms with van der Waals surface area (Å²) in [6.45, 7) is 0. The molecule has 0 bridgehead atoms. The fourth-order valence-corrected chi connectivity index (χ4v) is 2.00. The lowest BCUT2D eigenvalue weighted by Crippen LogP contribution is -2.30. The summed E-state index contributed by atoms with van der Waals surface area (Å²) in [6, 6.07) is 10.3. The van der Waals surface area contributed by atoms with Crippen LogP contribution in [0.5, 0.6) is 0 Å². The molecule has 0 unspecified atom stereocenters. The van der Waals surface area contributed by atoms with E-state index in [0.717, 1.165) is 0 Å². The molecule has 9 heteroatoms. The molecule has 0 saturated carbocycles. The first-order chi connectivity index (χ1) is 11.6. The number of hydrazine groups is 1. The summed E-state index contributed by atoms with van der Waals surface area (Å²) in [6.07, 6.45) is 0. The number of aromatic amines is 1. The van der Waals surface area contributed by atoms with Crippen molar-refractivity contribution in [2.45, 2.75) is 0 Å². The molecule has 122 valence electrons. The van der Waals surface area contributed by atoms with Gasteiger partial charge >= 0.3 is 0 Å². The van der Waals surface area contributed by atoms with E-state index in [-0.39, 0.29) is 11.4 Å². The van der Waals surface area contributed by atoms with Gasteiger partial charge < -0.3 is 0 Å². The highest BCUT2D eigenvalue weighted by Gasteiger charge is 2.18. The maximum Gasteiger partial charge on any atom is 0.292 e. The van der Waals surface area contributed by atoms with E-state index in [2.05, 4.69) is 26.3 Å². The minimum Gasteiger partial charge on any atom is -0.298 e. The van der Waals surface area contributed by atoms with E-state index >= 15 is 0 Å². The highest BCUT2D eigenvalue weighted by Crippen LogP contribution is 2.19. The number of H-pyrrole nitrogens is 1. The Morgan fingerprint density at radius 2 is 1.67 bits per heavy atom. The van der Waals surface area contributed by atoms with Gasteiger partial charge in [0.25, 0.3) is 5.91 Å². The van der Waals surface area contributed by atoms with Crippen LogP contribution in [0.15, 0.2) is 42.5 Å². The van der Waals surface area contributed by atoms with Crippen LogP contribution in [-0.2, 0) is 0 Å². The van der Waals surface area contributed by atoms with Gasteiger partial charge in [0.1, 0.15) is 5.69 Å². The number of aromatic nitrogens is 3. The zero-order valence-electron chi connectivity index (χ0n) is 12.0. The fourth-order valence-electron chi connectivity index (χ4n) is 2.00. The number of anilines is 1. The molecule has 0 saturated heterocycles. The summed E-state index contributed by atoms with van der Waals surface area (Å²) in [7, 11) is 0. The predicted molar refractivity (Wildman–Crippen MR) is 79.2 cm³/mol. The minimum atomic E-state index is -1.59. The number of halogens is 3. The smallest absolute Gasteiger partial charge is 0.292 e. The van der Waals surface area contributed by atoms with E-state index in [4.69, 9.17) is 0 Å². The molecule has 0 radical (unpaired) electrons. The average molecular weight is 333 g/mol. The Hall–Kier alpha value is -3.36. The third-order valence-electron chi connectivity index (χ3n) is 3.11. The molecule has 3 N–H and O–H groups in total. The van der Waals surface area contributed by atoms with Gasteiger partial charge in [0.05, 0.1) is 5.69 Å². The summed E-state index contributed by atoms with van der Waals surface area (Å²) >= 11 is 0. The minimum absolute atomic E-state index is 0.0169. The van der Waals surface area contributed by atoms with E-state index in [1.807, 2.05) is 6.07 Å². The Kier molecular flexibility index (Phi) is 4.15. The Balaban J connectivity index is 1.76. The van der Waals surface area contributed by atoms with Gasteiger partial charge in [-0.25, -0.2) is 13.2 Å². The van der Waals surface area contributed by atoms with Gasteiger partial charge in [-0.05, 0) is 0 Å². The molecule has 1 amide bonds. The standard InChI is InChI=1S/C15H10F3N5O/c16-10-6-9(7-11(17)12(10)18)19-22-15(24)14-13(20-23-21-14)8-4-2-1-3-5-8/h1-7,19H,(H,22,24)(H,20,21,23). The Morgan fingerprint density at radius 3 is 2.33 bits per heavy atom. The van der Waals surface area contributed by atoms with Gasteiger partial charge in [0.2, 0.25) is 0 Å². The maximum absolute atomic E-state index is 13.1. The number of hydrogen-bond acceptors (Lipinski definition) is 4. The molecule has 0 spiro atoms. The van der Waals surface area contributed by atoms with Gasteiger partial charge in [0, 0.05) is 17.7 Å². The first-order valence-corrected chi connectivity index (χ1v) is 6.73. The van der Waals surface area contributed by atoms with Crippen molar-refractivity contribution in [1.82, 2.24) is 20.8 Å². The van der Waals surface area contributed by atoms with Crippen molar-refractivity contribution in [3.63, 3.8) is 0 Å². The molecule has 0 aliphatic rings. The van der Waals surface area contributed by atoms with Crippen LogP contribution in [-0.4, -0.2) is 21.3 Å². The molecule has 1 aromatic heterocycles. The third kappa shape index (κ3) is 3.05. The number of benzene rings is 2. The van der Waals surface area contributed by atoms with E-state index in [1.54, 1.807) is 24.3 Å². The van der Waals surface area contributed by atoms with Crippen molar-refractivity contribution in [2.24, 2.45) is 0 Å². The van der Waals surface area contributed by atoms with Crippen LogP contribution in [0.3, 0.4) is 0 Å². The number of carbonyl (C=O) groups is 1. The van der Waals surface area contributed by atoms with Crippen LogP contribution < -0.4 is 10.9 Å². The van der Waals surface area contributed by atoms with Crippen LogP contribution in [0.2, 0.25) is 0 Å². The normalized spacial score (nSPS) is 10.5. The molecule has 0 aliphatic heterocycles. The lowest BCUT2D eigenvalue weighted by atomic mass is 10.1. The number of amides is 1. The second-order valence-electron chi connectivity index (χ2n) is 4.72. The van der Waals surface area contributed by atoms with E-state index in [9.17, 15) is 18.0 Å². The maximum atomic E-state index is 13.1. The molecule has 1 heterocycles. The van der Waals surface area contributed by atoms with Gasteiger partial charge in [-0.15, -0.1) is 0 Å². The van der Waals surface area contributed by atoms with Gasteiger partial charge in [-0.3, -0.25) is 15.6 Å². The third-order valence-corrected chi connectivity index (χ3v) is 3.11. The van der Waals surface area contributed by atoms with Crippen LogP contribution in [0.25, 0.3) is 11.3 Å². The monoisotopic (exact) mass is 333 g/mol. The van der Waals surface area contributed by atoms with Crippen molar-refractivity contribution in [3.8, 4) is 11.3 Å². The van der Waals surface area contributed by atoms with Crippen LogP contribution in [0.1, 0.15) is 10.5 Å². The zero-order valence-corrected chi connectivity index (χ0v) is 12.0. The van der Waals surface area contributed by atoms with Crippen molar-refractivity contribution in [3.05, 3.63) is 65.6 Å². The average Bonchev–Trinajstić information content (AvgIpc) is 3.08. The van der Waals surface area contributed by atoms with Crippen molar-refractivity contribution in [2.75, 3.05) is 5.43 Å². The lowest BCUT2D eigenvalue weighted by molar-refractivity contribution is 0.0958. The molecule has 0 fully saturated rings. The molecular formula is C15H10F3N5O. The van der Waals surface area contributed by atoms with Gasteiger partial charge in [-0.1, -0.05) is 30.3 Å². The van der Waals surface area contributed by atoms with Crippen LogP contribution in [0, 0.1) is 17.5 Å². The summed E-state index contributed by atoms with van der Waals surface area (Å²) < 4.78 is 39.1. The van der Waals surface area contributed by atoms with E-state index < -0.39 is 23.4 Å².